The lowest BCUT2D eigenvalue weighted by Gasteiger charge is -2.34. The number of halogens is 1. The van der Waals surface area contributed by atoms with Gasteiger partial charge in [0.2, 0.25) is 5.91 Å². The van der Waals surface area contributed by atoms with Gasteiger partial charge >= 0.3 is 0 Å². The van der Waals surface area contributed by atoms with Crippen LogP contribution in [0.1, 0.15) is 44.2 Å². The number of hydrogen-bond acceptors (Lipinski definition) is 3. The molecule has 1 aromatic rings. The Balaban J connectivity index is 1.69. The van der Waals surface area contributed by atoms with Crippen LogP contribution in [0.4, 0.5) is 0 Å². The first kappa shape index (κ1) is 20.0. The van der Waals surface area contributed by atoms with Gasteiger partial charge in [-0.05, 0) is 75.6 Å². The first-order valence-corrected chi connectivity index (χ1v) is 9.96. The van der Waals surface area contributed by atoms with Crippen molar-refractivity contribution in [3.8, 4) is 5.75 Å². The van der Waals surface area contributed by atoms with Crippen LogP contribution in [0.15, 0.2) is 12.1 Å². The first-order chi connectivity index (χ1) is 12.6. The summed E-state index contributed by atoms with van der Waals surface area (Å²) in [4.78, 5) is 26.6. The third-order valence-electron chi connectivity index (χ3n) is 5.99. The number of likely N-dealkylation sites (N-methyl/N-ethyl adjacent to an activating group) is 1. The smallest absolute Gasteiger partial charge is 0.266 e. The van der Waals surface area contributed by atoms with E-state index in [0.29, 0.717) is 24.0 Å². The lowest BCUT2D eigenvalue weighted by atomic mass is 9.89. The van der Waals surface area contributed by atoms with Gasteiger partial charge in [-0.1, -0.05) is 11.6 Å². The molecule has 1 aliphatic heterocycles. The minimum atomic E-state index is -0.983. The van der Waals surface area contributed by atoms with E-state index in [2.05, 4.69) is 5.32 Å². The quantitative estimate of drug-likeness (QED) is 0.853. The van der Waals surface area contributed by atoms with Crippen LogP contribution in [-0.4, -0.2) is 41.9 Å². The second kappa shape index (κ2) is 7.34. The number of rotatable bonds is 4. The number of nitrogens with zero attached hydrogens (tertiary/aromatic N) is 1. The molecule has 1 saturated heterocycles. The van der Waals surface area contributed by atoms with Gasteiger partial charge in [-0.2, -0.15) is 0 Å². The van der Waals surface area contributed by atoms with Gasteiger partial charge in [0.05, 0.1) is 0 Å². The molecule has 148 valence electrons. The fourth-order valence-electron chi connectivity index (χ4n) is 4.45. The first-order valence-electron chi connectivity index (χ1n) is 9.58. The molecule has 2 amide bonds. The molecule has 1 aliphatic carbocycles. The summed E-state index contributed by atoms with van der Waals surface area (Å²) in [6, 6.07) is 3.88. The normalized spacial score (nSPS) is 25.0. The summed E-state index contributed by atoms with van der Waals surface area (Å²) >= 11 is 6.23. The number of aryl methyl sites for hydroxylation is 2. The largest absolute Gasteiger partial charge is 0.478 e. The number of piperidine rings is 1. The number of fused-ring (bicyclic) bond motifs is 1. The third-order valence-corrected chi connectivity index (χ3v) is 6.59. The molecule has 5 nitrogen and oxygen atoms in total. The predicted molar refractivity (Wildman–Crippen MR) is 106 cm³/mol. The van der Waals surface area contributed by atoms with Gasteiger partial charge in [-0.3, -0.25) is 9.59 Å². The highest BCUT2D eigenvalue weighted by atomic mass is 35.5. The van der Waals surface area contributed by atoms with Crippen LogP contribution in [0.3, 0.4) is 0 Å². The SMILES string of the molecule is Cc1cc(OC(C)(C)C(=O)N(C)[C@H]2C[C@H]3CNC(=O)C[C@H]3C2)cc(C)c1Cl. The Morgan fingerprint density at radius 3 is 2.44 bits per heavy atom. The van der Waals surface area contributed by atoms with Crippen LogP contribution >= 0.6 is 11.6 Å². The van der Waals surface area contributed by atoms with E-state index in [1.165, 1.54) is 0 Å². The molecule has 1 saturated carbocycles. The van der Waals surface area contributed by atoms with Crippen LogP contribution in [0, 0.1) is 25.7 Å². The molecule has 2 aliphatic rings. The molecular weight excluding hydrogens is 364 g/mol. The van der Waals surface area contributed by atoms with Crippen LogP contribution in [0.2, 0.25) is 5.02 Å². The number of carbonyl (C=O) groups is 2. The van der Waals surface area contributed by atoms with E-state index < -0.39 is 5.60 Å². The Bertz CT molecular complexity index is 739. The van der Waals surface area contributed by atoms with Crippen molar-refractivity contribution >= 4 is 23.4 Å². The van der Waals surface area contributed by atoms with Crippen molar-refractivity contribution in [1.82, 2.24) is 10.2 Å². The fourth-order valence-corrected chi connectivity index (χ4v) is 4.55. The van der Waals surface area contributed by atoms with E-state index in [4.69, 9.17) is 16.3 Å². The van der Waals surface area contributed by atoms with Crippen molar-refractivity contribution in [1.29, 1.82) is 0 Å². The molecule has 27 heavy (non-hydrogen) atoms. The van der Waals surface area contributed by atoms with Gasteiger partial charge in [0, 0.05) is 31.1 Å². The summed E-state index contributed by atoms with van der Waals surface area (Å²) in [5.41, 5.74) is 0.879. The van der Waals surface area contributed by atoms with Crippen LogP contribution in [-0.2, 0) is 9.59 Å². The molecule has 1 N–H and O–H groups in total. The minimum Gasteiger partial charge on any atom is -0.478 e. The highest BCUT2D eigenvalue weighted by Gasteiger charge is 2.43. The Hall–Kier alpha value is -1.75. The highest BCUT2D eigenvalue weighted by Crippen LogP contribution is 2.39. The number of benzene rings is 1. The Morgan fingerprint density at radius 2 is 1.81 bits per heavy atom. The molecule has 0 bridgehead atoms. The van der Waals surface area contributed by atoms with Crippen molar-refractivity contribution in [2.24, 2.45) is 11.8 Å². The third kappa shape index (κ3) is 4.08. The van der Waals surface area contributed by atoms with Crippen molar-refractivity contribution in [2.45, 2.75) is 58.6 Å². The van der Waals surface area contributed by atoms with Crippen molar-refractivity contribution < 1.29 is 14.3 Å². The summed E-state index contributed by atoms with van der Waals surface area (Å²) in [6.45, 7) is 8.19. The highest BCUT2D eigenvalue weighted by molar-refractivity contribution is 6.32. The molecule has 6 heteroatoms. The molecule has 1 heterocycles. The molecule has 2 fully saturated rings. The van der Waals surface area contributed by atoms with Crippen molar-refractivity contribution in [3.63, 3.8) is 0 Å². The Kier molecular flexibility index (Phi) is 5.44. The van der Waals surface area contributed by atoms with Gasteiger partial charge in [0.15, 0.2) is 5.60 Å². The fraction of sp³-hybridized carbons (Fsp3) is 0.619. The van der Waals surface area contributed by atoms with Crippen molar-refractivity contribution in [3.05, 3.63) is 28.3 Å². The summed E-state index contributed by atoms with van der Waals surface area (Å²) in [7, 11) is 1.85. The topological polar surface area (TPSA) is 58.6 Å². The van der Waals surface area contributed by atoms with Gasteiger partial charge in [0.1, 0.15) is 5.75 Å². The van der Waals surface area contributed by atoms with Gasteiger partial charge < -0.3 is 15.0 Å². The molecule has 0 spiro atoms. The second-order valence-electron chi connectivity index (χ2n) is 8.55. The molecule has 3 atom stereocenters. The van der Waals surface area contributed by atoms with E-state index in [0.717, 1.165) is 35.5 Å². The van der Waals surface area contributed by atoms with Gasteiger partial charge in [-0.15, -0.1) is 0 Å². The van der Waals surface area contributed by atoms with Crippen LogP contribution < -0.4 is 10.1 Å². The van der Waals surface area contributed by atoms with E-state index in [1.54, 1.807) is 13.8 Å². The van der Waals surface area contributed by atoms with E-state index in [-0.39, 0.29) is 17.9 Å². The summed E-state index contributed by atoms with van der Waals surface area (Å²) in [5, 5.41) is 3.66. The van der Waals surface area contributed by atoms with Gasteiger partial charge in [0.25, 0.3) is 5.91 Å². The monoisotopic (exact) mass is 392 g/mol. The summed E-state index contributed by atoms with van der Waals surface area (Å²) in [5.74, 6) is 1.58. The Morgan fingerprint density at radius 1 is 1.22 bits per heavy atom. The zero-order valence-corrected chi connectivity index (χ0v) is 17.5. The number of carbonyl (C=O) groups excluding carboxylic acids is 2. The number of nitrogens with one attached hydrogen (secondary N) is 1. The standard InChI is InChI=1S/C21H29ClN2O3/c1-12-6-17(7-13(2)19(12)22)27-21(3,4)20(26)24(5)16-8-14-10-18(25)23-11-15(14)9-16/h6-7,14-16H,8-11H2,1-5H3,(H,23,25)/t14-,15+,16-/m1/s1. The maximum atomic E-state index is 13.2. The average Bonchev–Trinajstić information content (AvgIpc) is 3.01. The van der Waals surface area contributed by atoms with E-state index in [9.17, 15) is 9.59 Å². The number of hydrogen-bond donors (Lipinski definition) is 1. The minimum absolute atomic E-state index is 0.0457. The van der Waals surface area contributed by atoms with Crippen molar-refractivity contribution in [2.75, 3.05) is 13.6 Å². The summed E-state index contributed by atoms with van der Waals surface area (Å²) in [6.07, 6.45) is 2.39. The second-order valence-corrected chi connectivity index (χ2v) is 8.93. The molecule has 1 aromatic carbocycles. The predicted octanol–water partition coefficient (Wildman–Crippen LogP) is 3.49. The molecule has 0 radical (unpaired) electrons. The zero-order chi connectivity index (χ0) is 19.9. The average molecular weight is 393 g/mol. The molecule has 0 unspecified atom stereocenters. The lowest BCUT2D eigenvalue weighted by molar-refractivity contribution is -0.146. The number of ether oxygens (including phenoxy) is 1. The maximum absolute atomic E-state index is 13.2. The maximum Gasteiger partial charge on any atom is 0.266 e. The van der Waals surface area contributed by atoms with Crippen LogP contribution in [0.5, 0.6) is 5.75 Å². The lowest BCUT2D eigenvalue weighted by Crippen LogP contribution is -2.50. The number of amides is 2. The Labute approximate surface area is 166 Å². The summed E-state index contributed by atoms with van der Waals surface area (Å²) < 4.78 is 6.08. The van der Waals surface area contributed by atoms with E-state index >= 15 is 0 Å². The molecule has 3 rings (SSSR count). The van der Waals surface area contributed by atoms with E-state index in [1.807, 2.05) is 37.9 Å². The molecule has 0 aromatic heterocycles. The zero-order valence-electron chi connectivity index (χ0n) is 16.8. The van der Waals surface area contributed by atoms with Crippen LogP contribution in [0.25, 0.3) is 0 Å². The molecular formula is C21H29ClN2O3. The van der Waals surface area contributed by atoms with Gasteiger partial charge in [-0.25, -0.2) is 0 Å².